The number of piperidine rings is 2. The Labute approximate surface area is 178 Å². The van der Waals surface area contributed by atoms with E-state index in [2.05, 4.69) is 0 Å². The first-order valence-electron chi connectivity index (χ1n) is 11.1. The van der Waals surface area contributed by atoms with E-state index in [1.165, 1.54) is 6.42 Å². The van der Waals surface area contributed by atoms with Crippen molar-refractivity contribution in [2.24, 2.45) is 5.92 Å². The van der Waals surface area contributed by atoms with Crippen LogP contribution in [0.25, 0.3) is 0 Å². The third-order valence-corrected chi connectivity index (χ3v) is 6.04. The van der Waals surface area contributed by atoms with Gasteiger partial charge in [-0.2, -0.15) is 0 Å². The number of ether oxygens (including phenoxy) is 1. The minimum atomic E-state index is 0.0921. The highest BCUT2D eigenvalue weighted by Crippen LogP contribution is 2.22. The Morgan fingerprint density at radius 3 is 2.30 bits per heavy atom. The number of hydrogen-bond donors (Lipinski definition) is 0. The molecule has 0 N–H and O–H groups in total. The summed E-state index contributed by atoms with van der Waals surface area (Å²) in [5.74, 6) is 1.21. The molecule has 5 heteroatoms. The molecule has 0 bridgehead atoms. The van der Waals surface area contributed by atoms with Gasteiger partial charge in [0.05, 0.1) is 6.61 Å². The molecule has 4 rings (SSSR count). The highest BCUT2D eigenvalue weighted by Gasteiger charge is 2.25. The standard InChI is InChI=1S/C25H30N2O3/c28-24(21-10-3-1-4-11-21)27-16-8-9-20(18-27)19-30-23-13-7-12-22(17-23)25(29)26-14-5-2-6-15-26/h1,3-4,7,10-13,17,20H,2,5-6,8-9,14-16,18-19H2. The number of benzene rings is 2. The monoisotopic (exact) mass is 406 g/mol. The van der Waals surface area contributed by atoms with E-state index in [0.29, 0.717) is 24.6 Å². The molecule has 0 aliphatic carbocycles. The minimum Gasteiger partial charge on any atom is -0.493 e. The first-order valence-corrected chi connectivity index (χ1v) is 11.1. The van der Waals surface area contributed by atoms with Crippen molar-refractivity contribution in [3.05, 3.63) is 65.7 Å². The van der Waals surface area contributed by atoms with E-state index in [9.17, 15) is 9.59 Å². The summed E-state index contributed by atoms with van der Waals surface area (Å²) in [4.78, 5) is 29.3. The topological polar surface area (TPSA) is 49.9 Å². The largest absolute Gasteiger partial charge is 0.493 e. The van der Waals surface area contributed by atoms with Crippen LogP contribution >= 0.6 is 0 Å². The molecule has 2 heterocycles. The molecule has 1 unspecified atom stereocenters. The van der Waals surface area contributed by atoms with E-state index in [-0.39, 0.29) is 11.8 Å². The number of nitrogens with zero attached hydrogens (tertiary/aromatic N) is 2. The molecule has 0 saturated carbocycles. The van der Waals surface area contributed by atoms with E-state index >= 15 is 0 Å². The Morgan fingerprint density at radius 2 is 1.50 bits per heavy atom. The predicted octanol–water partition coefficient (Wildman–Crippen LogP) is 4.24. The molecule has 1 atom stereocenters. The van der Waals surface area contributed by atoms with E-state index in [0.717, 1.165) is 56.6 Å². The Kier molecular flexibility index (Phi) is 6.67. The van der Waals surface area contributed by atoms with Crippen LogP contribution in [-0.4, -0.2) is 54.4 Å². The van der Waals surface area contributed by atoms with Crippen LogP contribution in [-0.2, 0) is 0 Å². The van der Waals surface area contributed by atoms with Crippen molar-refractivity contribution < 1.29 is 14.3 Å². The van der Waals surface area contributed by atoms with Gasteiger partial charge in [-0.1, -0.05) is 24.3 Å². The molecule has 2 amide bonds. The van der Waals surface area contributed by atoms with E-state index < -0.39 is 0 Å². The maximum Gasteiger partial charge on any atom is 0.253 e. The second-order valence-corrected chi connectivity index (χ2v) is 8.32. The summed E-state index contributed by atoms with van der Waals surface area (Å²) in [6, 6.07) is 17.0. The van der Waals surface area contributed by atoms with Gasteiger partial charge >= 0.3 is 0 Å². The van der Waals surface area contributed by atoms with Crippen LogP contribution in [0, 0.1) is 5.92 Å². The maximum absolute atomic E-state index is 12.7. The van der Waals surface area contributed by atoms with Gasteiger partial charge in [-0.3, -0.25) is 9.59 Å². The van der Waals surface area contributed by atoms with Crippen LogP contribution in [0.1, 0.15) is 52.8 Å². The molecule has 158 valence electrons. The number of rotatable bonds is 5. The van der Waals surface area contributed by atoms with Gasteiger partial charge in [0.1, 0.15) is 5.75 Å². The fourth-order valence-corrected chi connectivity index (χ4v) is 4.36. The van der Waals surface area contributed by atoms with E-state index in [1.807, 2.05) is 64.4 Å². The third kappa shape index (κ3) is 5.02. The lowest BCUT2D eigenvalue weighted by Crippen LogP contribution is -2.41. The number of likely N-dealkylation sites (tertiary alicyclic amines) is 2. The van der Waals surface area contributed by atoms with Gasteiger partial charge in [0.15, 0.2) is 0 Å². The van der Waals surface area contributed by atoms with Crippen molar-refractivity contribution in [3.8, 4) is 5.75 Å². The van der Waals surface area contributed by atoms with Crippen molar-refractivity contribution >= 4 is 11.8 Å². The molecular weight excluding hydrogens is 376 g/mol. The fraction of sp³-hybridized carbons (Fsp3) is 0.440. The molecule has 2 aromatic rings. The molecule has 0 radical (unpaired) electrons. The van der Waals surface area contributed by atoms with Crippen LogP contribution < -0.4 is 4.74 Å². The SMILES string of the molecule is O=C(c1cccc(OCC2CCCN(C(=O)c3ccccc3)C2)c1)N1CCCCC1. The van der Waals surface area contributed by atoms with Gasteiger partial charge in [0.2, 0.25) is 0 Å². The van der Waals surface area contributed by atoms with Gasteiger partial charge in [-0.25, -0.2) is 0 Å². The Hall–Kier alpha value is -2.82. The first-order chi connectivity index (χ1) is 14.7. The molecule has 2 fully saturated rings. The predicted molar refractivity (Wildman–Crippen MR) is 117 cm³/mol. The minimum absolute atomic E-state index is 0.0921. The second kappa shape index (κ2) is 9.79. The lowest BCUT2D eigenvalue weighted by atomic mass is 9.98. The van der Waals surface area contributed by atoms with Crippen LogP contribution in [0.15, 0.2) is 54.6 Å². The van der Waals surface area contributed by atoms with E-state index in [4.69, 9.17) is 4.74 Å². The lowest BCUT2D eigenvalue weighted by Gasteiger charge is -2.32. The number of hydrogen-bond acceptors (Lipinski definition) is 3. The van der Waals surface area contributed by atoms with Crippen LogP contribution in [0.4, 0.5) is 0 Å². The molecule has 30 heavy (non-hydrogen) atoms. The highest BCUT2D eigenvalue weighted by molar-refractivity contribution is 5.95. The first kappa shape index (κ1) is 20.5. The zero-order valence-electron chi connectivity index (χ0n) is 17.5. The molecular formula is C25H30N2O3. The summed E-state index contributed by atoms with van der Waals surface area (Å²) in [6.07, 6.45) is 5.41. The summed E-state index contributed by atoms with van der Waals surface area (Å²) in [5.41, 5.74) is 1.43. The van der Waals surface area contributed by atoms with Gasteiger partial charge in [-0.15, -0.1) is 0 Å². The molecule has 2 saturated heterocycles. The van der Waals surface area contributed by atoms with Crippen LogP contribution in [0.2, 0.25) is 0 Å². The number of carbonyl (C=O) groups excluding carboxylic acids is 2. The Bertz CT molecular complexity index is 862. The summed E-state index contributed by atoms with van der Waals surface area (Å²) < 4.78 is 6.05. The summed E-state index contributed by atoms with van der Waals surface area (Å²) in [6.45, 7) is 3.75. The Balaban J connectivity index is 1.33. The lowest BCUT2D eigenvalue weighted by molar-refractivity contribution is 0.0631. The number of carbonyl (C=O) groups is 2. The van der Waals surface area contributed by atoms with Gasteiger partial charge in [0, 0.05) is 43.2 Å². The molecule has 0 aromatic heterocycles. The van der Waals surface area contributed by atoms with E-state index in [1.54, 1.807) is 0 Å². The summed E-state index contributed by atoms with van der Waals surface area (Å²) in [7, 11) is 0. The number of amides is 2. The van der Waals surface area contributed by atoms with Crippen molar-refractivity contribution in [2.45, 2.75) is 32.1 Å². The quantitative estimate of drug-likeness (QED) is 0.746. The van der Waals surface area contributed by atoms with Gasteiger partial charge in [0.25, 0.3) is 11.8 Å². The second-order valence-electron chi connectivity index (χ2n) is 8.32. The fourth-order valence-electron chi connectivity index (χ4n) is 4.36. The molecule has 0 spiro atoms. The zero-order valence-corrected chi connectivity index (χ0v) is 17.5. The smallest absolute Gasteiger partial charge is 0.253 e. The van der Waals surface area contributed by atoms with Crippen LogP contribution in [0.5, 0.6) is 5.75 Å². The maximum atomic E-state index is 12.7. The van der Waals surface area contributed by atoms with Crippen LogP contribution in [0.3, 0.4) is 0 Å². The normalized spacial score (nSPS) is 19.4. The summed E-state index contributed by atoms with van der Waals surface area (Å²) >= 11 is 0. The Morgan fingerprint density at radius 1 is 0.800 bits per heavy atom. The molecule has 2 aromatic carbocycles. The summed E-state index contributed by atoms with van der Waals surface area (Å²) in [5, 5.41) is 0. The van der Waals surface area contributed by atoms with Gasteiger partial charge in [-0.05, 0) is 62.4 Å². The van der Waals surface area contributed by atoms with Gasteiger partial charge < -0.3 is 14.5 Å². The van der Waals surface area contributed by atoms with Crippen molar-refractivity contribution in [1.82, 2.24) is 9.80 Å². The molecule has 2 aliphatic heterocycles. The molecule has 5 nitrogen and oxygen atoms in total. The average molecular weight is 407 g/mol. The highest BCUT2D eigenvalue weighted by atomic mass is 16.5. The van der Waals surface area contributed by atoms with Crippen molar-refractivity contribution in [2.75, 3.05) is 32.8 Å². The van der Waals surface area contributed by atoms with Crippen molar-refractivity contribution in [1.29, 1.82) is 0 Å². The average Bonchev–Trinajstić information content (AvgIpc) is 2.83. The zero-order chi connectivity index (χ0) is 20.8. The molecule has 2 aliphatic rings. The third-order valence-electron chi connectivity index (χ3n) is 6.04. The van der Waals surface area contributed by atoms with Crippen molar-refractivity contribution in [3.63, 3.8) is 0 Å².